The summed E-state index contributed by atoms with van der Waals surface area (Å²) in [7, 11) is 0. The molecule has 2 amide bonds. The Morgan fingerprint density at radius 3 is 3.08 bits per heavy atom. The maximum atomic E-state index is 12.7. The number of aromatic nitrogens is 3. The topological polar surface area (TPSA) is 71.0 Å². The van der Waals surface area contributed by atoms with E-state index in [0.29, 0.717) is 13.0 Å². The first-order chi connectivity index (χ1) is 12.7. The Balaban J connectivity index is 1.35. The second-order valence-electron chi connectivity index (χ2n) is 7.06. The third-order valence-electron chi connectivity index (χ3n) is 5.31. The van der Waals surface area contributed by atoms with Crippen LogP contribution < -0.4 is 5.32 Å². The number of carbonyl (C=O) groups excluding carboxylic acids is 1. The van der Waals surface area contributed by atoms with Crippen LogP contribution in [0.5, 0.6) is 0 Å². The first kappa shape index (κ1) is 17.4. The molecular formula is C19H25N5OS. The predicted octanol–water partition coefficient (Wildman–Crippen LogP) is 3.21. The number of amides is 2. The Morgan fingerprint density at radius 1 is 1.31 bits per heavy atom. The Labute approximate surface area is 158 Å². The molecule has 1 saturated heterocycles. The Hall–Kier alpha value is -2.02. The summed E-state index contributed by atoms with van der Waals surface area (Å²) in [5, 5.41) is 6.08. The van der Waals surface area contributed by atoms with Crippen molar-refractivity contribution in [2.24, 2.45) is 0 Å². The number of likely N-dealkylation sites (tertiary alicyclic amines) is 1. The van der Waals surface area contributed by atoms with Crippen molar-refractivity contribution in [1.82, 2.24) is 25.2 Å². The summed E-state index contributed by atoms with van der Waals surface area (Å²) in [5.41, 5.74) is 3.64. The minimum Gasteiger partial charge on any atom is -0.338 e. The van der Waals surface area contributed by atoms with E-state index < -0.39 is 0 Å². The number of thiazole rings is 1. The standard InChI is InChI=1S/C19H25N5OS/c1-13-14-5-4-6-15(14)23-17(22-13)8-9-21-19(25)24-11-3-2-7-16(24)18-20-10-12-26-18/h10,12,16H,2-9,11H2,1H3,(H,21,25)/t16-/m0/s1. The lowest BCUT2D eigenvalue weighted by Crippen LogP contribution is -2.45. The maximum Gasteiger partial charge on any atom is 0.318 e. The highest BCUT2D eigenvalue weighted by atomic mass is 32.1. The normalized spacial score (nSPS) is 19.4. The quantitative estimate of drug-likeness (QED) is 0.896. The molecule has 0 aromatic carbocycles. The van der Waals surface area contributed by atoms with E-state index in [1.54, 1.807) is 11.3 Å². The first-order valence-electron chi connectivity index (χ1n) is 9.51. The van der Waals surface area contributed by atoms with Gasteiger partial charge in [0.1, 0.15) is 10.8 Å². The number of hydrogen-bond acceptors (Lipinski definition) is 5. The molecular weight excluding hydrogens is 346 g/mol. The third-order valence-corrected chi connectivity index (χ3v) is 6.19. The van der Waals surface area contributed by atoms with Gasteiger partial charge in [0.05, 0.1) is 6.04 Å². The summed E-state index contributed by atoms with van der Waals surface area (Å²) < 4.78 is 0. The monoisotopic (exact) mass is 371 g/mol. The second-order valence-corrected chi connectivity index (χ2v) is 7.99. The molecule has 4 rings (SSSR count). The van der Waals surface area contributed by atoms with Gasteiger partial charge in [-0.3, -0.25) is 0 Å². The lowest BCUT2D eigenvalue weighted by molar-refractivity contribution is 0.151. The summed E-state index contributed by atoms with van der Waals surface area (Å²) in [4.78, 5) is 28.4. The van der Waals surface area contributed by atoms with Gasteiger partial charge in [-0.05, 0) is 51.0 Å². The number of nitrogens with one attached hydrogen (secondary N) is 1. The van der Waals surface area contributed by atoms with Crippen LogP contribution in [-0.2, 0) is 19.3 Å². The number of aryl methyl sites for hydroxylation is 2. The van der Waals surface area contributed by atoms with Crippen LogP contribution >= 0.6 is 11.3 Å². The Morgan fingerprint density at radius 2 is 2.23 bits per heavy atom. The lowest BCUT2D eigenvalue weighted by atomic mass is 10.0. The highest BCUT2D eigenvalue weighted by molar-refractivity contribution is 7.09. The van der Waals surface area contributed by atoms with Crippen molar-refractivity contribution in [2.75, 3.05) is 13.1 Å². The fraction of sp³-hybridized carbons (Fsp3) is 0.579. The van der Waals surface area contributed by atoms with Gasteiger partial charge in [-0.1, -0.05) is 0 Å². The van der Waals surface area contributed by atoms with E-state index in [1.807, 2.05) is 16.5 Å². The predicted molar refractivity (Wildman–Crippen MR) is 101 cm³/mol. The van der Waals surface area contributed by atoms with Crippen LogP contribution in [0.15, 0.2) is 11.6 Å². The SMILES string of the molecule is Cc1nc(CCNC(=O)N2CCCC[C@H]2c2nccs2)nc2c1CCC2. The summed E-state index contributed by atoms with van der Waals surface area (Å²) in [6, 6.07) is 0.116. The number of carbonyl (C=O) groups is 1. The number of hydrogen-bond donors (Lipinski definition) is 1. The number of fused-ring (bicyclic) bond motifs is 1. The van der Waals surface area contributed by atoms with Crippen LogP contribution in [0.25, 0.3) is 0 Å². The molecule has 2 aromatic heterocycles. The second kappa shape index (κ2) is 7.70. The van der Waals surface area contributed by atoms with Gasteiger partial charge in [0.15, 0.2) is 0 Å². The van der Waals surface area contributed by atoms with Gasteiger partial charge in [-0.25, -0.2) is 19.7 Å². The molecule has 138 valence electrons. The average molecular weight is 372 g/mol. The smallest absolute Gasteiger partial charge is 0.318 e. The average Bonchev–Trinajstić information content (AvgIpc) is 3.33. The minimum atomic E-state index is 0.00258. The van der Waals surface area contributed by atoms with Crippen molar-refractivity contribution in [3.8, 4) is 0 Å². The zero-order valence-corrected chi connectivity index (χ0v) is 16.0. The van der Waals surface area contributed by atoms with Gasteiger partial charge in [0.2, 0.25) is 0 Å². The van der Waals surface area contributed by atoms with Crippen LogP contribution in [0.4, 0.5) is 4.79 Å². The molecule has 3 heterocycles. The van der Waals surface area contributed by atoms with Crippen molar-refractivity contribution >= 4 is 17.4 Å². The molecule has 0 radical (unpaired) electrons. The van der Waals surface area contributed by atoms with Gasteiger partial charge >= 0.3 is 6.03 Å². The number of piperidine rings is 1. The number of nitrogens with zero attached hydrogens (tertiary/aromatic N) is 4. The third kappa shape index (κ3) is 3.58. The van der Waals surface area contributed by atoms with E-state index in [4.69, 9.17) is 4.98 Å². The molecule has 0 unspecified atom stereocenters. The van der Waals surface area contributed by atoms with E-state index in [0.717, 1.165) is 55.2 Å². The zero-order valence-electron chi connectivity index (χ0n) is 15.2. The summed E-state index contributed by atoms with van der Waals surface area (Å²) in [6.45, 7) is 3.43. The van der Waals surface area contributed by atoms with Crippen LogP contribution in [0, 0.1) is 6.92 Å². The van der Waals surface area contributed by atoms with Crippen molar-refractivity contribution in [3.63, 3.8) is 0 Å². The summed E-state index contributed by atoms with van der Waals surface area (Å²) in [6.07, 6.45) is 9.03. The minimum absolute atomic E-state index is 0.00258. The molecule has 2 aliphatic rings. The molecule has 1 aliphatic heterocycles. The molecule has 0 saturated carbocycles. The van der Waals surface area contributed by atoms with Crippen molar-refractivity contribution in [2.45, 2.75) is 57.9 Å². The molecule has 1 atom stereocenters. The summed E-state index contributed by atoms with van der Waals surface area (Å²) >= 11 is 1.63. The van der Waals surface area contributed by atoms with Gasteiger partial charge in [0.25, 0.3) is 0 Å². The highest BCUT2D eigenvalue weighted by Crippen LogP contribution is 2.31. The van der Waals surface area contributed by atoms with Crippen LogP contribution in [-0.4, -0.2) is 39.0 Å². The van der Waals surface area contributed by atoms with Crippen molar-refractivity contribution in [3.05, 3.63) is 39.4 Å². The van der Waals surface area contributed by atoms with Crippen molar-refractivity contribution < 1.29 is 4.79 Å². The fourth-order valence-corrected chi connectivity index (χ4v) is 4.79. The molecule has 2 aromatic rings. The van der Waals surface area contributed by atoms with E-state index in [9.17, 15) is 4.79 Å². The van der Waals surface area contributed by atoms with E-state index in [-0.39, 0.29) is 12.1 Å². The zero-order chi connectivity index (χ0) is 17.9. The van der Waals surface area contributed by atoms with E-state index >= 15 is 0 Å². The molecule has 6 nitrogen and oxygen atoms in total. The molecule has 0 bridgehead atoms. The molecule has 26 heavy (non-hydrogen) atoms. The Bertz CT molecular complexity index is 776. The van der Waals surface area contributed by atoms with Gasteiger partial charge in [-0.15, -0.1) is 11.3 Å². The van der Waals surface area contributed by atoms with Crippen molar-refractivity contribution in [1.29, 1.82) is 0 Å². The molecule has 7 heteroatoms. The molecule has 0 spiro atoms. The van der Waals surface area contributed by atoms with Gasteiger partial charge in [0, 0.05) is 42.5 Å². The largest absolute Gasteiger partial charge is 0.338 e. The van der Waals surface area contributed by atoms with E-state index in [1.165, 1.54) is 17.7 Å². The first-order valence-corrected chi connectivity index (χ1v) is 10.4. The van der Waals surface area contributed by atoms with E-state index in [2.05, 4.69) is 22.2 Å². The van der Waals surface area contributed by atoms with Gasteiger partial charge in [-0.2, -0.15) is 0 Å². The molecule has 1 fully saturated rings. The van der Waals surface area contributed by atoms with Crippen LogP contribution in [0.1, 0.15) is 59.5 Å². The number of rotatable bonds is 4. The lowest BCUT2D eigenvalue weighted by Gasteiger charge is -2.34. The fourth-order valence-electron chi connectivity index (χ4n) is 4.01. The molecule has 1 N–H and O–H groups in total. The highest BCUT2D eigenvalue weighted by Gasteiger charge is 2.29. The van der Waals surface area contributed by atoms with Crippen LogP contribution in [0.2, 0.25) is 0 Å². The Kier molecular flexibility index (Phi) is 5.15. The maximum absolute atomic E-state index is 12.7. The van der Waals surface area contributed by atoms with Crippen LogP contribution in [0.3, 0.4) is 0 Å². The summed E-state index contributed by atoms with van der Waals surface area (Å²) in [5.74, 6) is 0.846. The molecule has 1 aliphatic carbocycles. The van der Waals surface area contributed by atoms with Gasteiger partial charge < -0.3 is 10.2 Å². The number of urea groups is 1.